The molecule has 1 aromatic heterocycles. The molecule has 7 rings (SSSR count). The number of hydrogen-bond acceptors (Lipinski definition) is 9. The first-order valence-corrected chi connectivity index (χ1v) is 18.9. The number of aromatic nitrogens is 1. The quantitative estimate of drug-likeness (QED) is 0.110. The summed E-state index contributed by atoms with van der Waals surface area (Å²) in [5.74, 6) is -0.775. The van der Waals surface area contributed by atoms with Gasteiger partial charge in [0.1, 0.15) is 4.90 Å². The van der Waals surface area contributed by atoms with E-state index in [0.717, 1.165) is 38.6 Å². The van der Waals surface area contributed by atoms with Crippen LogP contribution in [0.15, 0.2) is 119 Å². The van der Waals surface area contributed by atoms with Gasteiger partial charge in [0.15, 0.2) is 11.5 Å². The Morgan fingerprint density at radius 2 is 1.62 bits per heavy atom. The average molecular weight is 744 g/mol. The SMILES string of the molecule is COc1cc(/C=C2/SC(=O)N(CCNC(=O)c3cc(-c4cccc5ccccc45)nc4ccccc34)C2=O)ccc1OS(=O)(=O)c1cc(C)ccc1C. The molecule has 53 heavy (non-hydrogen) atoms. The maximum atomic E-state index is 13.6. The highest BCUT2D eigenvalue weighted by atomic mass is 32.2. The number of para-hydroxylation sites is 1. The zero-order valence-electron chi connectivity index (χ0n) is 29.0. The number of benzene rings is 5. The molecule has 0 radical (unpaired) electrons. The van der Waals surface area contributed by atoms with Crippen LogP contribution in [-0.2, 0) is 14.9 Å². The molecule has 0 spiro atoms. The zero-order valence-corrected chi connectivity index (χ0v) is 30.6. The second-order valence-electron chi connectivity index (χ2n) is 12.4. The first kappa shape index (κ1) is 35.4. The van der Waals surface area contributed by atoms with Crippen molar-refractivity contribution >= 4 is 66.7 Å². The lowest BCUT2D eigenvalue weighted by molar-refractivity contribution is -0.122. The molecule has 0 aliphatic carbocycles. The van der Waals surface area contributed by atoms with Gasteiger partial charge in [0.2, 0.25) is 0 Å². The number of thioether (sulfide) groups is 1. The Labute approximate surface area is 310 Å². The molecule has 0 unspecified atom stereocenters. The van der Waals surface area contributed by atoms with Gasteiger partial charge in [-0.2, -0.15) is 8.42 Å². The lowest BCUT2D eigenvalue weighted by Crippen LogP contribution is -2.37. The van der Waals surface area contributed by atoms with E-state index in [9.17, 15) is 22.8 Å². The maximum absolute atomic E-state index is 13.6. The van der Waals surface area contributed by atoms with Crippen molar-refractivity contribution in [3.05, 3.63) is 136 Å². The molecule has 0 bridgehead atoms. The van der Waals surface area contributed by atoms with E-state index in [4.69, 9.17) is 13.9 Å². The van der Waals surface area contributed by atoms with Crippen molar-refractivity contribution in [3.8, 4) is 22.8 Å². The third kappa shape index (κ3) is 7.24. The molecule has 1 aliphatic rings. The molecule has 5 aromatic carbocycles. The summed E-state index contributed by atoms with van der Waals surface area (Å²) in [6, 6.07) is 32.7. The summed E-state index contributed by atoms with van der Waals surface area (Å²) in [7, 11) is -2.79. The first-order chi connectivity index (χ1) is 25.5. The van der Waals surface area contributed by atoms with Crippen LogP contribution in [0.25, 0.3) is 39.0 Å². The highest BCUT2D eigenvalue weighted by Gasteiger charge is 2.35. The molecule has 0 saturated carbocycles. The predicted octanol–water partition coefficient (Wildman–Crippen LogP) is 7.91. The van der Waals surface area contributed by atoms with Crippen LogP contribution in [0.3, 0.4) is 0 Å². The standard InChI is InChI=1S/C41H33N3O7S2/c1-25-15-16-26(2)38(21-25)53(48,49)51-35-18-17-27(22-36(35)50-3)23-37-40(46)44(41(47)52-37)20-19-42-39(45)32-24-34(43-33-14-7-6-12-31(32)33)30-13-8-10-28-9-4-5-11-29(28)30/h4-18,21-24H,19-20H2,1-3H3,(H,42,45)/b37-23+. The van der Waals surface area contributed by atoms with E-state index in [2.05, 4.69) is 5.32 Å². The Morgan fingerprint density at radius 3 is 2.43 bits per heavy atom. The minimum Gasteiger partial charge on any atom is -0.493 e. The Kier molecular flexibility index (Phi) is 9.74. The minimum atomic E-state index is -4.16. The minimum absolute atomic E-state index is 0.0269. The van der Waals surface area contributed by atoms with Crippen LogP contribution < -0.4 is 14.2 Å². The van der Waals surface area contributed by atoms with Gasteiger partial charge in [0.05, 0.1) is 28.8 Å². The lowest BCUT2D eigenvalue weighted by Gasteiger charge is -2.15. The van der Waals surface area contributed by atoms with Gasteiger partial charge in [-0.3, -0.25) is 19.3 Å². The number of fused-ring (bicyclic) bond motifs is 2. The van der Waals surface area contributed by atoms with Crippen molar-refractivity contribution in [2.45, 2.75) is 18.7 Å². The molecule has 1 aliphatic heterocycles. The van der Waals surface area contributed by atoms with Crippen molar-refractivity contribution in [1.29, 1.82) is 0 Å². The van der Waals surface area contributed by atoms with Crippen molar-refractivity contribution < 1.29 is 31.7 Å². The van der Waals surface area contributed by atoms with E-state index in [1.54, 1.807) is 32.0 Å². The fourth-order valence-electron chi connectivity index (χ4n) is 6.15. The smallest absolute Gasteiger partial charge is 0.339 e. The van der Waals surface area contributed by atoms with Gasteiger partial charge in [-0.15, -0.1) is 0 Å². The summed E-state index contributed by atoms with van der Waals surface area (Å²) >= 11 is 0.772. The number of carbonyl (C=O) groups is 3. The second kappa shape index (κ2) is 14.6. The van der Waals surface area contributed by atoms with Crippen LogP contribution in [0.5, 0.6) is 11.5 Å². The van der Waals surface area contributed by atoms with Crippen LogP contribution in [-0.4, -0.2) is 55.6 Å². The summed E-state index contributed by atoms with van der Waals surface area (Å²) < 4.78 is 37.0. The number of pyridine rings is 1. The lowest BCUT2D eigenvalue weighted by atomic mass is 9.99. The maximum Gasteiger partial charge on any atom is 0.339 e. The number of aryl methyl sites for hydroxylation is 2. The number of imide groups is 1. The fourth-order valence-corrected chi connectivity index (χ4v) is 8.27. The molecule has 12 heteroatoms. The topological polar surface area (TPSA) is 132 Å². The fraction of sp³-hybridized carbons (Fsp3) is 0.122. The second-order valence-corrected chi connectivity index (χ2v) is 14.9. The van der Waals surface area contributed by atoms with Gasteiger partial charge < -0.3 is 14.2 Å². The Balaban J connectivity index is 1.05. The Morgan fingerprint density at radius 1 is 0.868 bits per heavy atom. The number of nitrogens with zero attached hydrogens (tertiary/aromatic N) is 2. The number of methoxy groups -OCH3 is 1. The molecule has 1 saturated heterocycles. The van der Waals surface area contributed by atoms with Crippen LogP contribution in [0.4, 0.5) is 4.79 Å². The van der Waals surface area contributed by atoms with E-state index in [1.807, 2.05) is 72.8 Å². The van der Waals surface area contributed by atoms with Crippen molar-refractivity contribution in [2.75, 3.05) is 20.2 Å². The average Bonchev–Trinajstić information content (AvgIpc) is 3.42. The summed E-state index contributed by atoms with van der Waals surface area (Å²) in [4.78, 5) is 46.1. The number of hydrogen-bond donors (Lipinski definition) is 1. The predicted molar refractivity (Wildman–Crippen MR) is 206 cm³/mol. The molecule has 2 heterocycles. The van der Waals surface area contributed by atoms with Crippen molar-refractivity contribution in [3.63, 3.8) is 0 Å². The zero-order chi connectivity index (χ0) is 37.3. The highest BCUT2D eigenvalue weighted by Crippen LogP contribution is 2.36. The number of amides is 3. The molecular weight excluding hydrogens is 711 g/mol. The summed E-state index contributed by atoms with van der Waals surface area (Å²) in [6.45, 7) is 3.46. The molecule has 1 fully saturated rings. The van der Waals surface area contributed by atoms with Gasteiger partial charge >= 0.3 is 10.1 Å². The monoisotopic (exact) mass is 743 g/mol. The number of ether oxygens (including phenoxy) is 1. The van der Waals surface area contributed by atoms with E-state index < -0.39 is 21.3 Å². The van der Waals surface area contributed by atoms with Crippen molar-refractivity contribution in [1.82, 2.24) is 15.2 Å². The van der Waals surface area contributed by atoms with Gasteiger partial charge in [-0.25, -0.2) is 4.98 Å². The molecule has 1 N–H and O–H groups in total. The molecule has 6 aromatic rings. The van der Waals surface area contributed by atoms with Crippen LogP contribution in [0.2, 0.25) is 0 Å². The first-order valence-electron chi connectivity index (χ1n) is 16.6. The van der Waals surface area contributed by atoms with Crippen LogP contribution in [0, 0.1) is 13.8 Å². The van der Waals surface area contributed by atoms with Gasteiger partial charge in [-0.1, -0.05) is 78.9 Å². The Hall–Kier alpha value is -5.98. The van der Waals surface area contributed by atoms with E-state index in [-0.39, 0.29) is 40.3 Å². The number of carbonyl (C=O) groups excluding carboxylic acids is 3. The summed E-state index contributed by atoms with van der Waals surface area (Å²) in [6.07, 6.45) is 1.52. The Bertz CT molecular complexity index is 2600. The molecule has 3 amide bonds. The number of nitrogens with one attached hydrogen (secondary N) is 1. The molecule has 0 atom stereocenters. The molecule has 10 nitrogen and oxygen atoms in total. The van der Waals surface area contributed by atoms with Crippen molar-refractivity contribution in [2.24, 2.45) is 0 Å². The highest BCUT2D eigenvalue weighted by molar-refractivity contribution is 8.18. The number of rotatable bonds is 10. The van der Waals surface area contributed by atoms with E-state index >= 15 is 0 Å². The largest absolute Gasteiger partial charge is 0.493 e. The third-order valence-electron chi connectivity index (χ3n) is 8.82. The van der Waals surface area contributed by atoms with Gasteiger partial charge in [0.25, 0.3) is 17.1 Å². The van der Waals surface area contributed by atoms with Crippen LogP contribution >= 0.6 is 11.8 Å². The van der Waals surface area contributed by atoms with Gasteiger partial charge in [0, 0.05) is 24.0 Å². The van der Waals surface area contributed by atoms with E-state index in [0.29, 0.717) is 33.3 Å². The van der Waals surface area contributed by atoms with Crippen LogP contribution in [0.1, 0.15) is 27.0 Å². The summed E-state index contributed by atoms with van der Waals surface area (Å²) in [5, 5.41) is 5.15. The van der Waals surface area contributed by atoms with E-state index in [1.165, 1.54) is 31.4 Å². The third-order valence-corrected chi connectivity index (χ3v) is 11.1. The normalized spacial score (nSPS) is 13.9. The molecular formula is C41H33N3O7S2. The van der Waals surface area contributed by atoms with Gasteiger partial charge in [-0.05, 0) is 89.5 Å². The summed E-state index contributed by atoms with van der Waals surface area (Å²) in [5.41, 5.74) is 4.44. The molecule has 266 valence electrons.